The van der Waals surface area contributed by atoms with E-state index in [0.29, 0.717) is 6.54 Å². The van der Waals surface area contributed by atoms with Crippen molar-refractivity contribution in [2.75, 3.05) is 6.54 Å². The molecule has 1 saturated carbocycles. The van der Waals surface area contributed by atoms with Gasteiger partial charge in [0, 0.05) is 17.9 Å². The Bertz CT molecular complexity index is 753. The van der Waals surface area contributed by atoms with Gasteiger partial charge in [0.2, 0.25) is 5.91 Å². The molecule has 1 aliphatic heterocycles. The lowest BCUT2D eigenvalue weighted by Gasteiger charge is -2.21. The topological polar surface area (TPSA) is 47.6 Å². The van der Waals surface area contributed by atoms with E-state index in [0.717, 1.165) is 42.1 Å². The number of carbonyl (C=O) groups is 1. The van der Waals surface area contributed by atoms with Crippen molar-refractivity contribution in [3.05, 3.63) is 54.1 Å². The minimum absolute atomic E-state index is 0.00418. The molecule has 0 saturated heterocycles. The van der Waals surface area contributed by atoms with Crippen LogP contribution in [0.5, 0.6) is 17.2 Å². The average Bonchev–Trinajstić information content (AvgIpc) is 3.10. The Balaban J connectivity index is 1.31. The molecule has 1 amide bonds. The predicted octanol–water partition coefficient (Wildman–Crippen LogP) is 4.48. The van der Waals surface area contributed by atoms with E-state index in [9.17, 15) is 4.79 Å². The van der Waals surface area contributed by atoms with Gasteiger partial charge in [-0.3, -0.25) is 4.79 Å². The minimum atomic E-state index is 0.00418. The van der Waals surface area contributed by atoms with E-state index >= 15 is 0 Å². The van der Waals surface area contributed by atoms with Crippen LogP contribution in [0.3, 0.4) is 0 Å². The van der Waals surface area contributed by atoms with Crippen molar-refractivity contribution in [2.24, 2.45) is 5.92 Å². The molecule has 0 spiro atoms. The van der Waals surface area contributed by atoms with E-state index in [4.69, 9.17) is 9.47 Å². The van der Waals surface area contributed by atoms with Gasteiger partial charge in [-0.2, -0.15) is 0 Å². The third-order valence-corrected chi connectivity index (χ3v) is 5.23. The van der Waals surface area contributed by atoms with Gasteiger partial charge in [0.25, 0.3) is 0 Å². The normalized spacial score (nSPS) is 19.5. The molecule has 2 aliphatic rings. The van der Waals surface area contributed by atoms with E-state index in [-0.39, 0.29) is 17.9 Å². The lowest BCUT2D eigenvalue weighted by molar-refractivity contribution is -0.126. The molecule has 4 nitrogen and oxygen atoms in total. The number of carbonyl (C=O) groups excluding carboxylic acids is 1. The second kappa shape index (κ2) is 7.81. The SMILES string of the molecule is O=C(NCC1Cc2cc(Oc3ccccc3)ccc2O1)C1CCCCC1. The third kappa shape index (κ3) is 4.01. The first-order valence-electron chi connectivity index (χ1n) is 9.58. The largest absolute Gasteiger partial charge is 0.488 e. The van der Waals surface area contributed by atoms with E-state index in [1.54, 1.807) is 0 Å². The molecule has 1 unspecified atom stereocenters. The first-order valence-corrected chi connectivity index (χ1v) is 9.58. The molecule has 2 aromatic carbocycles. The first kappa shape index (κ1) is 17.0. The molecule has 1 heterocycles. The summed E-state index contributed by atoms with van der Waals surface area (Å²) < 4.78 is 11.9. The van der Waals surface area contributed by atoms with E-state index in [2.05, 4.69) is 5.32 Å². The van der Waals surface area contributed by atoms with E-state index in [1.807, 2.05) is 48.5 Å². The Labute approximate surface area is 154 Å². The van der Waals surface area contributed by atoms with Crippen LogP contribution < -0.4 is 14.8 Å². The second-order valence-electron chi connectivity index (χ2n) is 7.21. The van der Waals surface area contributed by atoms with Crippen LogP contribution in [0.15, 0.2) is 48.5 Å². The number of hydrogen-bond acceptors (Lipinski definition) is 3. The predicted molar refractivity (Wildman–Crippen MR) is 101 cm³/mol. The van der Waals surface area contributed by atoms with E-state index in [1.165, 1.54) is 19.3 Å². The molecule has 4 heteroatoms. The molecule has 0 radical (unpaired) electrons. The maximum atomic E-state index is 12.3. The fourth-order valence-electron chi connectivity index (χ4n) is 3.82. The highest BCUT2D eigenvalue weighted by Gasteiger charge is 2.26. The summed E-state index contributed by atoms with van der Waals surface area (Å²) in [6, 6.07) is 15.7. The Kier molecular flexibility index (Phi) is 5.09. The summed E-state index contributed by atoms with van der Waals surface area (Å²) in [4.78, 5) is 12.3. The molecule has 0 bridgehead atoms. The van der Waals surface area contributed by atoms with Crippen molar-refractivity contribution in [3.8, 4) is 17.2 Å². The lowest BCUT2D eigenvalue weighted by atomic mass is 9.88. The Hall–Kier alpha value is -2.49. The highest BCUT2D eigenvalue weighted by Crippen LogP contribution is 2.33. The van der Waals surface area contributed by atoms with Gasteiger partial charge in [-0.15, -0.1) is 0 Å². The smallest absolute Gasteiger partial charge is 0.223 e. The summed E-state index contributed by atoms with van der Waals surface area (Å²) in [6.07, 6.45) is 6.46. The summed E-state index contributed by atoms with van der Waals surface area (Å²) in [5, 5.41) is 3.09. The van der Waals surface area contributed by atoms with Crippen LogP contribution in [0.1, 0.15) is 37.7 Å². The van der Waals surface area contributed by atoms with Crippen molar-refractivity contribution >= 4 is 5.91 Å². The van der Waals surface area contributed by atoms with E-state index < -0.39 is 0 Å². The highest BCUT2D eigenvalue weighted by molar-refractivity contribution is 5.78. The molecule has 1 N–H and O–H groups in total. The molecular formula is C22H25NO3. The van der Waals surface area contributed by atoms with Crippen LogP contribution >= 0.6 is 0 Å². The van der Waals surface area contributed by atoms with Crippen molar-refractivity contribution in [2.45, 2.75) is 44.6 Å². The molecule has 1 aliphatic carbocycles. The zero-order valence-electron chi connectivity index (χ0n) is 14.9. The average molecular weight is 351 g/mol. The number of fused-ring (bicyclic) bond motifs is 1. The summed E-state index contributed by atoms with van der Waals surface area (Å²) in [6.45, 7) is 0.568. The number of para-hydroxylation sites is 1. The zero-order valence-corrected chi connectivity index (χ0v) is 14.9. The zero-order chi connectivity index (χ0) is 17.8. The number of amides is 1. The monoisotopic (exact) mass is 351 g/mol. The number of rotatable bonds is 5. The quantitative estimate of drug-likeness (QED) is 0.864. The number of nitrogens with one attached hydrogen (secondary N) is 1. The maximum Gasteiger partial charge on any atom is 0.223 e. The first-order chi connectivity index (χ1) is 12.8. The maximum absolute atomic E-state index is 12.3. The van der Waals surface area contributed by atoms with Crippen molar-refractivity contribution in [3.63, 3.8) is 0 Å². The van der Waals surface area contributed by atoms with Gasteiger partial charge in [-0.25, -0.2) is 0 Å². The lowest BCUT2D eigenvalue weighted by Crippen LogP contribution is -2.38. The molecular weight excluding hydrogens is 326 g/mol. The number of benzene rings is 2. The van der Waals surface area contributed by atoms with Gasteiger partial charge >= 0.3 is 0 Å². The third-order valence-electron chi connectivity index (χ3n) is 5.23. The van der Waals surface area contributed by atoms with Gasteiger partial charge in [0.15, 0.2) is 0 Å². The van der Waals surface area contributed by atoms with Crippen LogP contribution in [0.2, 0.25) is 0 Å². The number of hydrogen-bond donors (Lipinski definition) is 1. The fourth-order valence-corrected chi connectivity index (χ4v) is 3.82. The Morgan fingerprint density at radius 3 is 2.65 bits per heavy atom. The fraction of sp³-hybridized carbons (Fsp3) is 0.409. The van der Waals surface area contributed by atoms with Gasteiger partial charge in [0.05, 0.1) is 6.54 Å². The van der Waals surface area contributed by atoms with Crippen molar-refractivity contribution in [1.82, 2.24) is 5.32 Å². The summed E-state index contributed by atoms with van der Waals surface area (Å²) in [5.74, 6) is 2.91. The molecule has 136 valence electrons. The molecule has 0 aromatic heterocycles. The van der Waals surface area contributed by atoms with Crippen molar-refractivity contribution < 1.29 is 14.3 Å². The second-order valence-corrected chi connectivity index (χ2v) is 7.21. The summed E-state index contributed by atoms with van der Waals surface area (Å²) >= 11 is 0. The molecule has 2 aromatic rings. The van der Waals surface area contributed by atoms with Crippen LogP contribution in [-0.2, 0) is 11.2 Å². The van der Waals surface area contributed by atoms with Crippen LogP contribution in [0.25, 0.3) is 0 Å². The van der Waals surface area contributed by atoms with Crippen LogP contribution in [0, 0.1) is 5.92 Å². The number of ether oxygens (including phenoxy) is 2. The summed E-state index contributed by atoms with van der Waals surface area (Å²) in [5.41, 5.74) is 1.13. The highest BCUT2D eigenvalue weighted by atomic mass is 16.5. The van der Waals surface area contributed by atoms with Gasteiger partial charge < -0.3 is 14.8 Å². The Morgan fingerprint density at radius 1 is 1.04 bits per heavy atom. The van der Waals surface area contributed by atoms with Gasteiger partial charge in [0.1, 0.15) is 23.4 Å². The minimum Gasteiger partial charge on any atom is -0.488 e. The van der Waals surface area contributed by atoms with Gasteiger partial charge in [-0.1, -0.05) is 37.5 Å². The Morgan fingerprint density at radius 2 is 1.85 bits per heavy atom. The standard InChI is InChI=1S/C22H25NO3/c24-22(16-7-3-1-4-8-16)23-15-20-14-17-13-19(11-12-21(17)26-20)25-18-9-5-2-6-10-18/h2,5-6,9-13,16,20H,1,3-4,7-8,14-15H2,(H,23,24). The van der Waals surface area contributed by atoms with Crippen molar-refractivity contribution in [1.29, 1.82) is 0 Å². The van der Waals surface area contributed by atoms with Crippen LogP contribution in [0.4, 0.5) is 0 Å². The summed E-state index contributed by atoms with van der Waals surface area (Å²) in [7, 11) is 0. The molecule has 4 rings (SSSR count). The van der Waals surface area contributed by atoms with Crippen LogP contribution in [-0.4, -0.2) is 18.6 Å². The molecule has 1 atom stereocenters. The molecule has 26 heavy (non-hydrogen) atoms. The molecule has 1 fully saturated rings. The van der Waals surface area contributed by atoms with Gasteiger partial charge in [-0.05, 0) is 43.2 Å².